The van der Waals surface area contributed by atoms with Crippen molar-refractivity contribution in [2.24, 2.45) is 0 Å². The van der Waals surface area contributed by atoms with E-state index in [0.29, 0.717) is 5.95 Å². The van der Waals surface area contributed by atoms with Crippen LogP contribution in [-0.2, 0) is 0 Å². The Hall–Kier alpha value is -2.81. The van der Waals surface area contributed by atoms with Gasteiger partial charge in [-0.3, -0.25) is 5.43 Å². The maximum atomic E-state index is 4.73. The number of fused-ring (bicyclic) bond motifs is 1. The van der Waals surface area contributed by atoms with Crippen LogP contribution >= 0.6 is 0 Å². The number of nitrogens with zero attached hydrogens (tertiary/aromatic N) is 7. The Kier molecular flexibility index (Phi) is 5.67. The van der Waals surface area contributed by atoms with E-state index in [-0.39, 0.29) is 0 Å². The first-order valence-corrected chi connectivity index (χ1v) is 11.0. The summed E-state index contributed by atoms with van der Waals surface area (Å²) >= 11 is 0. The van der Waals surface area contributed by atoms with Gasteiger partial charge in [0.05, 0.1) is 5.52 Å². The highest BCUT2D eigenvalue weighted by Gasteiger charge is 2.16. The summed E-state index contributed by atoms with van der Waals surface area (Å²) in [7, 11) is 4.32. The van der Waals surface area contributed by atoms with E-state index in [1.807, 2.05) is 12.4 Å². The van der Waals surface area contributed by atoms with Crippen molar-refractivity contribution in [3.8, 4) is 11.1 Å². The lowest BCUT2D eigenvalue weighted by molar-refractivity contribution is 0.178. The van der Waals surface area contributed by atoms with E-state index >= 15 is 0 Å². The summed E-state index contributed by atoms with van der Waals surface area (Å²) in [6.07, 6.45) is 3.87. The number of anilines is 2. The summed E-state index contributed by atoms with van der Waals surface area (Å²) < 4.78 is 0. The number of rotatable bonds is 4. The predicted octanol–water partition coefficient (Wildman–Crippen LogP) is 2.02. The van der Waals surface area contributed by atoms with Crippen LogP contribution in [0.1, 0.15) is 0 Å². The second kappa shape index (κ2) is 8.74. The molecule has 0 bridgehead atoms. The van der Waals surface area contributed by atoms with Crippen molar-refractivity contribution in [1.29, 1.82) is 0 Å². The van der Waals surface area contributed by atoms with Crippen molar-refractivity contribution in [2.45, 2.75) is 0 Å². The monoisotopic (exact) mass is 418 g/mol. The number of benzene rings is 1. The van der Waals surface area contributed by atoms with Crippen LogP contribution in [0.2, 0.25) is 0 Å². The van der Waals surface area contributed by atoms with Crippen LogP contribution < -0.4 is 10.3 Å². The number of hydrazine groups is 1. The Bertz CT molecular complexity index is 1020. The Morgan fingerprint density at radius 2 is 1.45 bits per heavy atom. The molecule has 1 N–H and O–H groups in total. The summed E-state index contributed by atoms with van der Waals surface area (Å²) in [4.78, 5) is 21.0. The minimum absolute atomic E-state index is 0.656. The van der Waals surface area contributed by atoms with Crippen molar-refractivity contribution >= 4 is 22.7 Å². The summed E-state index contributed by atoms with van der Waals surface area (Å²) in [5.41, 5.74) is 6.53. The van der Waals surface area contributed by atoms with Crippen LogP contribution in [0, 0.1) is 0 Å². The van der Waals surface area contributed by atoms with E-state index in [2.05, 4.69) is 74.5 Å². The van der Waals surface area contributed by atoms with Gasteiger partial charge in [0.2, 0.25) is 5.95 Å². The van der Waals surface area contributed by atoms with Gasteiger partial charge in [0.1, 0.15) is 5.82 Å². The smallest absolute Gasteiger partial charge is 0.238 e. The van der Waals surface area contributed by atoms with Gasteiger partial charge in [-0.05, 0) is 43.9 Å². The molecule has 31 heavy (non-hydrogen) atoms. The van der Waals surface area contributed by atoms with Crippen molar-refractivity contribution in [1.82, 2.24) is 29.8 Å². The van der Waals surface area contributed by atoms with Crippen LogP contribution in [0.25, 0.3) is 22.0 Å². The van der Waals surface area contributed by atoms with E-state index in [0.717, 1.165) is 80.2 Å². The summed E-state index contributed by atoms with van der Waals surface area (Å²) in [6, 6.07) is 10.6. The van der Waals surface area contributed by atoms with Gasteiger partial charge in [0.15, 0.2) is 0 Å². The highest BCUT2D eigenvalue weighted by atomic mass is 15.6. The Labute approximate surface area is 183 Å². The first kappa shape index (κ1) is 20.1. The van der Waals surface area contributed by atoms with Gasteiger partial charge in [-0.15, -0.1) is 0 Å². The molecule has 0 unspecified atom stereocenters. The Balaban J connectivity index is 1.29. The molecule has 2 aliphatic rings. The summed E-state index contributed by atoms with van der Waals surface area (Å²) in [6.45, 7) is 8.25. The number of hydrogen-bond donors (Lipinski definition) is 1. The number of pyridine rings is 1. The fourth-order valence-electron chi connectivity index (χ4n) is 4.11. The van der Waals surface area contributed by atoms with Crippen molar-refractivity contribution in [2.75, 3.05) is 76.8 Å². The van der Waals surface area contributed by atoms with Crippen LogP contribution in [0.3, 0.4) is 0 Å². The average Bonchev–Trinajstić information content (AvgIpc) is 2.81. The zero-order chi connectivity index (χ0) is 21.2. The van der Waals surface area contributed by atoms with Gasteiger partial charge in [-0.1, -0.05) is 6.07 Å². The predicted molar refractivity (Wildman–Crippen MR) is 125 cm³/mol. The van der Waals surface area contributed by atoms with Crippen LogP contribution in [0.5, 0.6) is 0 Å². The third-order valence-electron chi connectivity index (χ3n) is 6.25. The van der Waals surface area contributed by atoms with Crippen molar-refractivity contribution < 1.29 is 0 Å². The number of likely N-dealkylation sites (N-methyl/N-ethyl adjacent to an activating group) is 2. The molecule has 8 heteroatoms. The fourth-order valence-corrected chi connectivity index (χ4v) is 4.11. The van der Waals surface area contributed by atoms with E-state index in [9.17, 15) is 0 Å². The second-order valence-electron chi connectivity index (χ2n) is 8.56. The van der Waals surface area contributed by atoms with Crippen LogP contribution in [0.4, 0.5) is 11.8 Å². The van der Waals surface area contributed by atoms with Gasteiger partial charge in [0, 0.05) is 75.7 Å². The maximum absolute atomic E-state index is 4.73. The molecule has 0 saturated carbocycles. The van der Waals surface area contributed by atoms with Gasteiger partial charge >= 0.3 is 0 Å². The lowest BCUT2D eigenvalue weighted by atomic mass is 10.1. The fraction of sp³-hybridized carbons (Fsp3) is 0.435. The molecular formula is C23H30N8. The number of piperazine rings is 2. The standard InChI is InChI=1S/C23H30N8/c1-28-7-11-30(12-8-28)22-6-4-19(16-24-22)18-3-5-21-20(15-18)17-25-23(26-21)27-31-13-9-29(2)10-14-31/h3-6,15-17H,7-14H2,1-2H3,(H,25,26,27). The number of nitrogens with one attached hydrogen (secondary N) is 1. The molecule has 2 aliphatic heterocycles. The molecule has 162 valence electrons. The SMILES string of the molecule is CN1CCN(Nc2ncc3cc(-c4ccc(N5CCN(C)CC5)nc4)ccc3n2)CC1. The second-order valence-corrected chi connectivity index (χ2v) is 8.56. The Morgan fingerprint density at radius 1 is 0.742 bits per heavy atom. The number of hydrogen-bond acceptors (Lipinski definition) is 8. The van der Waals surface area contributed by atoms with Crippen LogP contribution in [-0.4, -0.2) is 96.2 Å². The minimum atomic E-state index is 0.656. The molecule has 0 radical (unpaired) electrons. The molecule has 0 aliphatic carbocycles. The molecule has 0 amide bonds. The molecule has 4 heterocycles. The third-order valence-corrected chi connectivity index (χ3v) is 6.25. The summed E-state index contributed by atoms with van der Waals surface area (Å²) in [5.74, 6) is 1.71. The van der Waals surface area contributed by atoms with Gasteiger partial charge in [-0.25, -0.2) is 20.0 Å². The van der Waals surface area contributed by atoms with Crippen LogP contribution in [0.15, 0.2) is 42.7 Å². The van der Waals surface area contributed by atoms with E-state index < -0.39 is 0 Å². The third kappa shape index (κ3) is 4.61. The van der Waals surface area contributed by atoms with Gasteiger partial charge in [0.25, 0.3) is 0 Å². The minimum Gasteiger partial charge on any atom is -0.354 e. The average molecular weight is 419 g/mol. The van der Waals surface area contributed by atoms with Crippen molar-refractivity contribution in [3.63, 3.8) is 0 Å². The Morgan fingerprint density at radius 3 is 2.16 bits per heavy atom. The molecule has 1 aromatic carbocycles. The quantitative estimate of drug-likeness (QED) is 0.691. The zero-order valence-electron chi connectivity index (χ0n) is 18.3. The largest absolute Gasteiger partial charge is 0.354 e. The molecule has 2 saturated heterocycles. The molecule has 2 fully saturated rings. The van der Waals surface area contributed by atoms with Gasteiger partial charge < -0.3 is 14.7 Å². The topological polar surface area (TPSA) is 63.7 Å². The van der Waals surface area contributed by atoms with E-state index in [1.54, 1.807) is 0 Å². The lowest BCUT2D eigenvalue weighted by Gasteiger charge is -2.33. The maximum Gasteiger partial charge on any atom is 0.238 e. The molecule has 0 atom stereocenters. The lowest BCUT2D eigenvalue weighted by Crippen LogP contribution is -2.47. The molecule has 8 nitrogen and oxygen atoms in total. The number of aromatic nitrogens is 3. The molecular weight excluding hydrogens is 388 g/mol. The van der Waals surface area contributed by atoms with Gasteiger partial charge in [-0.2, -0.15) is 0 Å². The highest BCUT2D eigenvalue weighted by molar-refractivity contribution is 5.84. The van der Waals surface area contributed by atoms with E-state index in [4.69, 9.17) is 9.97 Å². The van der Waals surface area contributed by atoms with Crippen molar-refractivity contribution in [3.05, 3.63) is 42.7 Å². The highest BCUT2D eigenvalue weighted by Crippen LogP contribution is 2.25. The molecule has 5 rings (SSSR count). The normalized spacial score (nSPS) is 19.1. The zero-order valence-corrected chi connectivity index (χ0v) is 18.3. The molecule has 3 aromatic rings. The molecule has 0 spiro atoms. The first-order chi connectivity index (χ1) is 15.1. The van der Waals surface area contributed by atoms with E-state index in [1.165, 1.54) is 0 Å². The molecule has 2 aromatic heterocycles. The summed E-state index contributed by atoms with van der Waals surface area (Å²) in [5, 5.41) is 3.22. The first-order valence-electron chi connectivity index (χ1n) is 11.0.